The Kier molecular flexibility index (Phi) is 5.51. The lowest BCUT2D eigenvalue weighted by atomic mass is 10.00. The van der Waals surface area contributed by atoms with Crippen molar-refractivity contribution < 1.29 is 9.90 Å². The van der Waals surface area contributed by atoms with E-state index in [4.69, 9.17) is 0 Å². The summed E-state index contributed by atoms with van der Waals surface area (Å²) >= 11 is 0. The molecule has 2 aliphatic rings. The number of nitrogens with one attached hydrogen (secondary N) is 1. The smallest absolute Gasteiger partial charge is 0.317 e. The third kappa shape index (κ3) is 4.45. The van der Waals surface area contributed by atoms with Gasteiger partial charge in [-0.15, -0.1) is 0 Å². The third-order valence-corrected chi connectivity index (χ3v) is 4.82. The summed E-state index contributed by atoms with van der Waals surface area (Å²) in [5.41, 5.74) is 2.91. The molecule has 1 fully saturated rings. The maximum Gasteiger partial charge on any atom is 0.317 e. The van der Waals surface area contributed by atoms with Gasteiger partial charge in [0, 0.05) is 39.3 Å². The van der Waals surface area contributed by atoms with Crippen molar-refractivity contribution in [3.05, 3.63) is 35.4 Å². The van der Waals surface area contributed by atoms with E-state index in [1.54, 1.807) is 4.90 Å². The standard InChI is InChI=1S/C18H27N3O2/c22-17-7-3-11-21(14-17)18(23)19-9-4-10-20-12-8-15-5-1-2-6-16(15)13-20/h1-2,5-6,17,22H,3-4,7-14H2,(H,19,23). The number of aliphatic hydroxyl groups excluding tert-OH is 1. The fourth-order valence-corrected chi connectivity index (χ4v) is 3.49. The van der Waals surface area contributed by atoms with Crippen molar-refractivity contribution in [3.63, 3.8) is 0 Å². The molecular weight excluding hydrogens is 290 g/mol. The minimum atomic E-state index is -0.358. The van der Waals surface area contributed by atoms with Gasteiger partial charge in [0.25, 0.3) is 0 Å². The van der Waals surface area contributed by atoms with Crippen LogP contribution in [0.2, 0.25) is 0 Å². The second-order valence-electron chi connectivity index (χ2n) is 6.62. The van der Waals surface area contributed by atoms with E-state index in [0.29, 0.717) is 13.1 Å². The first-order valence-electron chi connectivity index (χ1n) is 8.72. The van der Waals surface area contributed by atoms with Crippen LogP contribution in [0.25, 0.3) is 0 Å². The van der Waals surface area contributed by atoms with E-state index >= 15 is 0 Å². The highest BCUT2D eigenvalue weighted by atomic mass is 16.3. The fraction of sp³-hybridized carbons (Fsp3) is 0.611. The van der Waals surface area contributed by atoms with Gasteiger partial charge in [-0.2, -0.15) is 0 Å². The summed E-state index contributed by atoms with van der Waals surface area (Å²) < 4.78 is 0. The number of β-amino-alcohol motifs (C(OH)–C–C–N with tert-alkyl or cyclic N) is 1. The number of hydrogen-bond donors (Lipinski definition) is 2. The van der Waals surface area contributed by atoms with Crippen molar-refractivity contribution in [3.8, 4) is 0 Å². The second-order valence-corrected chi connectivity index (χ2v) is 6.62. The Hall–Kier alpha value is -1.59. The summed E-state index contributed by atoms with van der Waals surface area (Å²) in [7, 11) is 0. The molecule has 1 aromatic rings. The number of urea groups is 1. The van der Waals surface area contributed by atoms with Crippen LogP contribution >= 0.6 is 0 Å². The van der Waals surface area contributed by atoms with Gasteiger partial charge in [0.2, 0.25) is 0 Å². The van der Waals surface area contributed by atoms with E-state index in [0.717, 1.165) is 51.9 Å². The van der Waals surface area contributed by atoms with E-state index in [1.165, 1.54) is 11.1 Å². The molecule has 0 saturated carbocycles. The maximum absolute atomic E-state index is 12.0. The zero-order valence-corrected chi connectivity index (χ0v) is 13.7. The summed E-state index contributed by atoms with van der Waals surface area (Å²) in [5, 5.41) is 12.6. The average molecular weight is 317 g/mol. The van der Waals surface area contributed by atoms with E-state index in [1.807, 2.05) is 0 Å². The molecular formula is C18H27N3O2. The first kappa shape index (κ1) is 16.3. The summed E-state index contributed by atoms with van der Waals surface area (Å²) in [4.78, 5) is 16.2. The number of piperidine rings is 1. The summed E-state index contributed by atoms with van der Waals surface area (Å²) in [6.07, 6.45) is 3.42. The van der Waals surface area contributed by atoms with E-state index < -0.39 is 0 Å². The monoisotopic (exact) mass is 317 g/mol. The number of rotatable bonds is 4. The van der Waals surface area contributed by atoms with Crippen molar-refractivity contribution in [2.75, 3.05) is 32.7 Å². The minimum absolute atomic E-state index is 0.0345. The second kappa shape index (κ2) is 7.79. The number of amides is 2. The fourth-order valence-electron chi connectivity index (χ4n) is 3.49. The van der Waals surface area contributed by atoms with Crippen LogP contribution in [-0.4, -0.2) is 59.8 Å². The molecule has 5 nitrogen and oxygen atoms in total. The van der Waals surface area contributed by atoms with Crippen LogP contribution in [-0.2, 0) is 13.0 Å². The highest BCUT2D eigenvalue weighted by Gasteiger charge is 2.21. The topological polar surface area (TPSA) is 55.8 Å². The number of carbonyl (C=O) groups excluding carboxylic acids is 1. The molecule has 1 saturated heterocycles. The zero-order valence-electron chi connectivity index (χ0n) is 13.7. The summed E-state index contributed by atoms with van der Waals surface area (Å²) in [5.74, 6) is 0. The van der Waals surface area contributed by atoms with E-state index in [9.17, 15) is 9.90 Å². The molecule has 3 rings (SSSR count). The normalized spacial score (nSPS) is 21.8. The van der Waals surface area contributed by atoms with Gasteiger partial charge in [-0.3, -0.25) is 4.90 Å². The average Bonchev–Trinajstić information content (AvgIpc) is 2.58. The quantitative estimate of drug-likeness (QED) is 0.830. The van der Waals surface area contributed by atoms with Crippen LogP contribution < -0.4 is 5.32 Å². The van der Waals surface area contributed by atoms with Crippen molar-refractivity contribution in [1.82, 2.24) is 15.1 Å². The van der Waals surface area contributed by atoms with E-state index in [2.05, 4.69) is 34.5 Å². The Bertz CT molecular complexity index is 535. The number of fused-ring (bicyclic) bond motifs is 1. The summed E-state index contributed by atoms with van der Waals surface area (Å²) in [6, 6.07) is 8.62. The molecule has 0 aromatic heterocycles. The Balaban J connectivity index is 1.35. The molecule has 2 N–H and O–H groups in total. The molecule has 1 unspecified atom stereocenters. The van der Waals surface area contributed by atoms with Crippen molar-refractivity contribution in [2.45, 2.75) is 38.3 Å². The lowest BCUT2D eigenvalue weighted by Crippen LogP contribution is -2.47. The van der Waals surface area contributed by atoms with Crippen LogP contribution in [0.3, 0.4) is 0 Å². The molecule has 0 bridgehead atoms. The number of benzene rings is 1. The first-order valence-corrected chi connectivity index (χ1v) is 8.72. The van der Waals surface area contributed by atoms with Gasteiger partial charge in [0.15, 0.2) is 0 Å². The molecule has 126 valence electrons. The van der Waals surface area contributed by atoms with Gasteiger partial charge >= 0.3 is 6.03 Å². The van der Waals surface area contributed by atoms with Crippen molar-refractivity contribution in [1.29, 1.82) is 0 Å². The summed E-state index contributed by atoms with van der Waals surface area (Å²) in [6.45, 7) is 5.05. The molecule has 2 aliphatic heterocycles. The SMILES string of the molecule is O=C(NCCCN1CCc2ccccc2C1)N1CCCC(O)C1. The minimum Gasteiger partial charge on any atom is -0.391 e. The number of carbonyl (C=O) groups is 1. The number of likely N-dealkylation sites (tertiary alicyclic amines) is 1. The van der Waals surface area contributed by atoms with Crippen LogP contribution in [0.5, 0.6) is 0 Å². The van der Waals surface area contributed by atoms with Crippen molar-refractivity contribution >= 4 is 6.03 Å². The lowest BCUT2D eigenvalue weighted by molar-refractivity contribution is 0.0842. The Morgan fingerprint density at radius 3 is 2.91 bits per heavy atom. The number of hydrogen-bond acceptors (Lipinski definition) is 3. The first-order chi connectivity index (χ1) is 11.2. The Morgan fingerprint density at radius 1 is 1.26 bits per heavy atom. The van der Waals surface area contributed by atoms with E-state index in [-0.39, 0.29) is 12.1 Å². The lowest BCUT2D eigenvalue weighted by Gasteiger charge is -2.30. The van der Waals surface area contributed by atoms with Crippen LogP contribution in [0.15, 0.2) is 24.3 Å². The molecule has 0 spiro atoms. The Labute approximate surface area is 138 Å². The van der Waals surface area contributed by atoms with Crippen LogP contribution in [0, 0.1) is 0 Å². The van der Waals surface area contributed by atoms with Gasteiger partial charge in [-0.25, -0.2) is 4.79 Å². The Morgan fingerprint density at radius 2 is 2.09 bits per heavy atom. The molecule has 5 heteroatoms. The van der Waals surface area contributed by atoms with Crippen molar-refractivity contribution in [2.24, 2.45) is 0 Å². The van der Waals surface area contributed by atoms with Gasteiger partial charge in [0.1, 0.15) is 0 Å². The van der Waals surface area contributed by atoms with Gasteiger partial charge < -0.3 is 15.3 Å². The van der Waals surface area contributed by atoms with Crippen LogP contribution in [0.1, 0.15) is 30.4 Å². The highest BCUT2D eigenvalue weighted by Crippen LogP contribution is 2.18. The highest BCUT2D eigenvalue weighted by molar-refractivity contribution is 5.74. The molecule has 23 heavy (non-hydrogen) atoms. The number of aliphatic hydroxyl groups is 1. The largest absolute Gasteiger partial charge is 0.391 e. The molecule has 0 aliphatic carbocycles. The van der Waals surface area contributed by atoms with Gasteiger partial charge in [-0.05, 0) is 36.8 Å². The zero-order chi connectivity index (χ0) is 16.1. The number of nitrogens with zero attached hydrogens (tertiary/aromatic N) is 2. The predicted molar refractivity (Wildman–Crippen MR) is 90.3 cm³/mol. The maximum atomic E-state index is 12.0. The third-order valence-electron chi connectivity index (χ3n) is 4.82. The molecule has 2 amide bonds. The van der Waals surface area contributed by atoms with Crippen LogP contribution in [0.4, 0.5) is 4.79 Å². The molecule has 1 atom stereocenters. The predicted octanol–water partition coefficient (Wildman–Crippen LogP) is 1.60. The molecule has 2 heterocycles. The molecule has 0 radical (unpaired) electrons. The van der Waals surface area contributed by atoms with Gasteiger partial charge in [-0.1, -0.05) is 24.3 Å². The van der Waals surface area contributed by atoms with Gasteiger partial charge in [0.05, 0.1) is 6.10 Å². The molecule has 1 aromatic carbocycles.